The molecule has 218 valence electrons. The maximum Gasteiger partial charge on any atom is 0.252 e. The summed E-state index contributed by atoms with van der Waals surface area (Å²) < 4.78 is 44.4. The number of hydrogen-bond acceptors (Lipinski definition) is 7. The highest BCUT2D eigenvalue weighted by molar-refractivity contribution is 5.85. The number of benzene rings is 2. The number of ether oxygens (including phenoxy) is 5. The molecule has 3 aliphatic rings. The van der Waals surface area contributed by atoms with Gasteiger partial charge in [0.15, 0.2) is 11.4 Å². The molecule has 0 spiro atoms. The van der Waals surface area contributed by atoms with Crippen LogP contribution in [-0.4, -0.2) is 79.9 Å². The molecule has 1 amide bonds. The summed E-state index contributed by atoms with van der Waals surface area (Å²) in [5.74, 6) is -1.28. The van der Waals surface area contributed by atoms with Gasteiger partial charge in [-0.3, -0.25) is 9.69 Å². The van der Waals surface area contributed by atoms with Crippen molar-refractivity contribution in [3.8, 4) is 0 Å². The summed E-state index contributed by atoms with van der Waals surface area (Å²) >= 11 is 0. The number of rotatable bonds is 10. The largest absolute Gasteiger partial charge is 0.379 e. The predicted molar refractivity (Wildman–Crippen MR) is 147 cm³/mol. The third-order valence-corrected chi connectivity index (χ3v) is 7.86. The third-order valence-electron chi connectivity index (χ3n) is 7.86. The van der Waals surface area contributed by atoms with Gasteiger partial charge in [0, 0.05) is 39.0 Å². The Morgan fingerprint density at radius 2 is 1.82 bits per heavy atom. The van der Waals surface area contributed by atoms with Crippen molar-refractivity contribution in [2.75, 3.05) is 39.4 Å². The van der Waals surface area contributed by atoms with E-state index in [9.17, 15) is 9.18 Å². The molecule has 9 heteroatoms. The van der Waals surface area contributed by atoms with Crippen LogP contribution < -0.4 is 5.32 Å². The van der Waals surface area contributed by atoms with Gasteiger partial charge < -0.3 is 29.0 Å². The first-order chi connectivity index (χ1) is 19.2. The molecule has 5 rings (SSSR count). The lowest BCUT2D eigenvalue weighted by molar-refractivity contribution is -0.183. The first-order valence-electron chi connectivity index (χ1n) is 14.2. The molecule has 2 saturated heterocycles. The van der Waals surface area contributed by atoms with Crippen molar-refractivity contribution in [2.24, 2.45) is 0 Å². The van der Waals surface area contributed by atoms with Crippen molar-refractivity contribution in [1.29, 1.82) is 0 Å². The van der Waals surface area contributed by atoms with E-state index in [1.54, 1.807) is 12.1 Å². The summed E-state index contributed by atoms with van der Waals surface area (Å²) in [7, 11) is 0. The highest BCUT2D eigenvalue weighted by Crippen LogP contribution is 2.44. The molecule has 0 aromatic heterocycles. The van der Waals surface area contributed by atoms with Crippen LogP contribution >= 0.6 is 0 Å². The summed E-state index contributed by atoms with van der Waals surface area (Å²) in [6.07, 6.45) is -0.540. The maximum absolute atomic E-state index is 14.0. The van der Waals surface area contributed by atoms with E-state index in [1.807, 2.05) is 39.0 Å². The minimum Gasteiger partial charge on any atom is -0.379 e. The lowest BCUT2D eigenvalue weighted by atomic mass is 9.78. The van der Waals surface area contributed by atoms with E-state index in [0.29, 0.717) is 32.6 Å². The number of hydrogen-bond donors (Lipinski definition) is 1. The van der Waals surface area contributed by atoms with Crippen molar-refractivity contribution < 1.29 is 32.9 Å². The Labute approximate surface area is 236 Å². The zero-order valence-electron chi connectivity index (χ0n) is 23.7. The molecule has 1 aliphatic carbocycles. The Morgan fingerprint density at radius 1 is 1.05 bits per heavy atom. The van der Waals surface area contributed by atoms with Crippen LogP contribution in [0.1, 0.15) is 43.4 Å². The van der Waals surface area contributed by atoms with Crippen LogP contribution in [0.4, 0.5) is 4.39 Å². The second-order valence-electron chi connectivity index (χ2n) is 11.5. The Kier molecular flexibility index (Phi) is 9.19. The van der Waals surface area contributed by atoms with Crippen molar-refractivity contribution >= 4 is 5.91 Å². The molecular weight excluding hydrogens is 515 g/mol. The molecule has 2 heterocycles. The number of halogens is 1. The first kappa shape index (κ1) is 29.1. The fourth-order valence-corrected chi connectivity index (χ4v) is 5.83. The second-order valence-corrected chi connectivity index (χ2v) is 11.5. The number of fused-ring (bicyclic) bond motifs is 1. The predicted octanol–water partition coefficient (Wildman–Crippen LogP) is 3.74. The van der Waals surface area contributed by atoms with Gasteiger partial charge in [0.1, 0.15) is 11.9 Å². The second kappa shape index (κ2) is 12.6. The highest BCUT2D eigenvalue weighted by Gasteiger charge is 2.58. The number of nitrogens with one attached hydrogen (secondary N) is 1. The van der Waals surface area contributed by atoms with E-state index in [1.165, 1.54) is 12.1 Å². The molecule has 0 radical (unpaired) electrons. The summed E-state index contributed by atoms with van der Waals surface area (Å²) in [6, 6.07) is 14.3. The normalized spacial score (nSPS) is 28.2. The molecule has 2 aromatic carbocycles. The van der Waals surface area contributed by atoms with Crippen LogP contribution in [0.2, 0.25) is 0 Å². The van der Waals surface area contributed by atoms with Crippen molar-refractivity contribution in [1.82, 2.24) is 10.2 Å². The lowest BCUT2D eigenvalue weighted by Crippen LogP contribution is -2.60. The van der Waals surface area contributed by atoms with Crippen molar-refractivity contribution in [2.45, 2.75) is 76.5 Å². The van der Waals surface area contributed by atoms with Crippen LogP contribution in [0.25, 0.3) is 0 Å². The number of morpholine rings is 1. The Balaban J connectivity index is 1.35. The van der Waals surface area contributed by atoms with E-state index in [0.717, 1.165) is 36.3 Å². The number of amides is 1. The molecule has 8 nitrogen and oxygen atoms in total. The Bertz CT molecular complexity index is 1140. The SMILES string of the molecule is Cc1cccc(CO[C@]2(C(=O)NCCN3CCOCC3)CC(OCc3ccc(F)cc3)[C@@H]3OC(C)(C)O[C@@H]3C2)c1. The zero-order chi connectivity index (χ0) is 28.2. The summed E-state index contributed by atoms with van der Waals surface area (Å²) in [6.45, 7) is 10.7. The maximum atomic E-state index is 14.0. The molecular formula is C31H41FN2O6. The zero-order valence-corrected chi connectivity index (χ0v) is 23.7. The first-order valence-corrected chi connectivity index (χ1v) is 14.2. The van der Waals surface area contributed by atoms with E-state index < -0.39 is 17.5 Å². The van der Waals surface area contributed by atoms with Gasteiger partial charge >= 0.3 is 0 Å². The number of carbonyl (C=O) groups is 1. The van der Waals surface area contributed by atoms with Gasteiger partial charge in [-0.1, -0.05) is 42.0 Å². The standard InChI is InChI=1S/C31H41FN2O6/c1-22-5-4-6-24(17-22)21-38-31(29(35)33-11-12-34-13-15-36-16-14-34)18-26(28-27(19-31)39-30(2,3)40-28)37-20-23-7-9-25(32)10-8-23/h4-10,17,26-28H,11-16,18-21H2,1-3H3,(H,33,35)/t26?,27-,28+,31-/m1/s1. The molecule has 40 heavy (non-hydrogen) atoms. The van der Waals surface area contributed by atoms with Crippen LogP contribution in [0.5, 0.6) is 0 Å². The molecule has 1 N–H and O–H groups in total. The minimum absolute atomic E-state index is 0.171. The fraction of sp³-hybridized carbons (Fsp3) is 0.581. The monoisotopic (exact) mass is 556 g/mol. The third kappa shape index (κ3) is 7.26. The van der Waals surface area contributed by atoms with E-state index >= 15 is 0 Å². The quantitative estimate of drug-likeness (QED) is 0.478. The molecule has 1 saturated carbocycles. The molecule has 1 unspecified atom stereocenters. The molecule has 0 bridgehead atoms. The Morgan fingerprint density at radius 3 is 2.58 bits per heavy atom. The fourth-order valence-electron chi connectivity index (χ4n) is 5.83. The van der Waals surface area contributed by atoms with Crippen molar-refractivity contribution in [3.05, 3.63) is 71.0 Å². The van der Waals surface area contributed by atoms with Gasteiger partial charge in [0.2, 0.25) is 0 Å². The summed E-state index contributed by atoms with van der Waals surface area (Å²) in [5, 5.41) is 3.15. The van der Waals surface area contributed by atoms with E-state index in [4.69, 9.17) is 23.7 Å². The number of aryl methyl sites for hydroxylation is 1. The summed E-state index contributed by atoms with van der Waals surface area (Å²) in [4.78, 5) is 16.3. The lowest BCUT2D eigenvalue weighted by Gasteiger charge is -2.43. The van der Waals surface area contributed by atoms with Gasteiger partial charge in [0.25, 0.3) is 5.91 Å². The Hall–Kier alpha value is -2.40. The van der Waals surface area contributed by atoms with Crippen LogP contribution in [0, 0.1) is 12.7 Å². The average molecular weight is 557 g/mol. The average Bonchev–Trinajstić information content (AvgIpc) is 3.25. The molecule has 2 aromatic rings. The molecule has 2 aliphatic heterocycles. The number of nitrogens with zero attached hydrogens (tertiary/aromatic N) is 1. The van der Waals surface area contributed by atoms with E-state index in [-0.39, 0.29) is 37.1 Å². The minimum atomic E-state index is -1.17. The van der Waals surface area contributed by atoms with Crippen molar-refractivity contribution in [3.63, 3.8) is 0 Å². The summed E-state index contributed by atoms with van der Waals surface area (Å²) in [5.41, 5.74) is 1.79. The van der Waals surface area contributed by atoms with Gasteiger partial charge in [-0.25, -0.2) is 4.39 Å². The van der Waals surface area contributed by atoms with Crippen LogP contribution in [0.15, 0.2) is 48.5 Å². The van der Waals surface area contributed by atoms with Gasteiger partial charge in [-0.2, -0.15) is 0 Å². The molecule has 4 atom stereocenters. The van der Waals surface area contributed by atoms with E-state index in [2.05, 4.69) is 16.3 Å². The molecule has 3 fully saturated rings. The van der Waals surface area contributed by atoms with Gasteiger partial charge in [0.05, 0.1) is 38.6 Å². The highest BCUT2D eigenvalue weighted by atomic mass is 19.1. The van der Waals surface area contributed by atoms with Crippen LogP contribution in [0.3, 0.4) is 0 Å². The van der Waals surface area contributed by atoms with Gasteiger partial charge in [-0.15, -0.1) is 0 Å². The topological polar surface area (TPSA) is 78.5 Å². The van der Waals surface area contributed by atoms with Crippen LogP contribution in [-0.2, 0) is 41.7 Å². The van der Waals surface area contributed by atoms with Gasteiger partial charge in [-0.05, 0) is 44.0 Å². The number of carbonyl (C=O) groups excluding carboxylic acids is 1. The smallest absolute Gasteiger partial charge is 0.252 e.